The van der Waals surface area contributed by atoms with E-state index in [-0.39, 0.29) is 24.7 Å². The molecule has 0 spiro atoms. The highest BCUT2D eigenvalue weighted by molar-refractivity contribution is 7.53. The quantitative estimate of drug-likeness (QED) is 0.660. The summed E-state index contributed by atoms with van der Waals surface area (Å²) in [6, 6.07) is 0. The summed E-state index contributed by atoms with van der Waals surface area (Å²) in [5.74, 6) is -0.277. The Bertz CT molecular complexity index is 319. The molecule has 0 aromatic carbocycles. The van der Waals surface area contributed by atoms with Crippen LogP contribution in [0, 0.1) is 0 Å². The molecule has 7 heteroatoms. The summed E-state index contributed by atoms with van der Waals surface area (Å²) in [4.78, 5) is 11.8. The molecular weight excluding hydrogens is 269 g/mol. The van der Waals surface area contributed by atoms with Crippen molar-refractivity contribution < 1.29 is 23.1 Å². The van der Waals surface area contributed by atoms with Crippen LogP contribution in [0.4, 0.5) is 0 Å². The van der Waals surface area contributed by atoms with Gasteiger partial charge in [0, 0.05) is 13.2 Å². The molecule has 0 aromatic heterocycles. The SMILES string of the molecule is CCNC(=O)[C@@H](COP(C)(=O)OC(C)C)OC(C)C. The first kappa shape index (κ1) is 18.6. The van der Waals surface area contributed by atoms with E-state index in [2.05, 4.69) is 5.32 Å². The Labute approximate surface area is 115 Å². The Morgan fingerprint density at radius 1 is 1.21 bits per heavy atom. The third-order valence-corrected chi connectivity index (χ3v) is 3.37. The fourth-order valence-electron chi connectivity index (χ4n) is 1.41. The van der Waals surface area contributed by atoms with Gasteiger partial charge in [0.1, 0.15) is 0 Å². The number of rotatable bonds is 9. The second-order valence-corrected chi connectivity index (χ2v) is 6.80. The molecule has 2 atom stereocenters. The van der Waals surface area contributed by atoms with Crippen LogP contribution < -0.4 is 5.32 Å². The van der Waals surface area contributed by atoms with Gasteiger partial charge >= 0.3 is 7.60 Å². The minimum Gasteiger partial charge on any atom is -0.363 e. The maximum absolute atomic E-state index is 12.0. The van der Waals surface area contributed by atoms with Gasteiger partial charge in [0.05, 0.1) is 18.8 Å². The van der Waals surface area contributed by atoms with Gasteiger partial charge in [0.25, 0.3) is 5.91 Å². The third kappa shape index (κ3) is 9.16. The van der Waals surface area contributed by atoms with Crippen LogP contribution in [0.1, 0.15) is 34.6 Å². The summed E-state index contributed by atoms with van der Waals surface area (Å²) in [5.41, 5.74) is 0. The third-order valence-electron chi connectivity index (χ3n) is 1.94. The molecule has 0 aliphatic heterocycles. The van der Waals surface area contributed by atoms with E-state index in [0.717, 1.165) is 0 Å². The number of likely N-dealkylation sites (N-methyl/N-ethyl adjacent to an activating group) is 1. The van der Waals surface area contributed by atoms with Gasteiger partial charge in [-0.15, -0.1) is 0 Å². The van der Waals surface area contributed by atoms with Crippen molar-refractivity contribution >= 4 is 13.5 Å². The Morgan fingerprint density at radius 3 is 2.21 bits per heavy atom. The standard InChI is InChI=1S/C12H26NO5P/c1-7-13-12(14)11(17-9(2)3)8-16-19(6,15)18-10(4)5/h9-11H,7-8H2,1-6H3,(H,13,14)/t11-,19?/m1/s1. The first-order valence-electron chi connectivity index (χ1n) is 6.51. The zero-order chi connectivity index (χ0) is 15.1. The van der Waals surface area contributed by atoms with E-state index in [1.165, 1.54) is 6.66 Å². The van der Waals surface area contributed by atoms with Crippen molar-refractivity contribution in [3.05, 3.63) is 0 Å². The molecule has 1 unspecified atom stereocenters. The van der Waals surface area contributed by atoms with Gasteiger partial charge in [-0.3, -0.25) is 9.36 Å². The summed E-state index contributed by atoms with van der Waals surface area (Å²) in [6.45, 7) is 10.8. The van der Waals surface area contributed by atoms with E-state index in [1.54, 1.807) is 13.8 Å². The van der Waals surface area contributed by atoms with Crippen LogP contribution in [0.5, 0.6) is 0 Å². The fraction of sp³-hybridized carbons (Fsp3) is 0.917. The molecule has 0 aliphatic rings. The summed E-state index contributed by atoms with van der Waals surface area (Å²) in [5, 5.41) is 2.65. The monoisotopic (exact) mass is 295 g/mol. The molecule has 0 aliphatic carbocycles. The molecule has 0 aromatic rings. The topological polar surface area (TPSA) is 73.9 Å². The van der Waals surface area contributed by atoms with Crippen LogP contribution in [0.15, 0.2) is 0 Å². The van der Waals surface area contributed by atoms with Crippen LogP contribution >= 0.6 is 7.60 Å². The molecular formula is C12H26NO5P. The second kappa shape index (κ2) is 8.69. The molecule has 1 N–H and O–H groups in total. The van der Waals surface area contributed by atoms with Gasteiger partial charge in [0.2, 0.25) is 0 Å². The van der Waals surface area contributed by atoms with Crippen LogP contribution in [-0.2, 0) is 23.1 Å². The van der Waals surface area contributed by atoms with Crippen LogP contribution in [-0.4, -0.2) is 44.0 Å². The lowest BCUT2D eigenvalue weighted by Crippen LogP contribution is -2.40. The highest BCUT2D eigenvalue weighted by Gasteiger charge is 2.26. The Balaban J connectivity index is 4.48. The minimum absolute atomic E-state index is 0.0927. The Morgan fingerprint density at radius 2 is 1.79 bits per heavy atom. The van der Waals surface area contributed by atoms with Crippen molar-refractivity contribution in [3.8, 4) is 0 Å². The average molecular weight is 295 g/mol. The van der Waals surface area contributed by atoms with E-state index in [9.17, 15) is 9.36 Å². The van der Waals surface area contributed by atoms with Crippen molar-refractivity contribution in [2.24, 2.45) is 0 Å². The van der Waals surface area contributed by atoms with E-state index >= 15 is 0 Å². The highest BCUT2D eigenvalue weighted by Crippen LogP contribution is 2.45. The van der Waals surface area contributed by atoms with Gasteiger partial charge < -0.3 is 19.1 Å². The minimum atomic E-state index is -3.16. The number of nitrogens with one attached hydrogen (secondary N) is 1. The Kier molecular flexibility index (Phi) is 8.50. The number of hydrogen-bond acceptors (Lipinski definition) is 5. The van der Waals surface area contributed by atoms with Crippen LogP contribution in [0.3, 0.4) is 0 Å². The van der Waals surface area contributed by atoms with Crippen molar-refractivity contribution in [1.29, 1.82) is 0 Å². The van der Waals surface area contributed by atoms with Crippen molar-refractivity contribution in [1.82, 2.24) is 5.32 Å². The predicted molar refractivity (Wildman–Crippen MR) is 74.4 cm³/mol. The maximum atomic E-state index is 12.0. The molecule has 0 saturated carbocycles. The van der Waals surface area contributed by atoms with Gasteiger partial charge in [-0.25, -0.2) is 0 Å². The number of ether oxygens (including phenoxy) is 1. The van der Waals surface area contributed by atoms with Gasteiger partial charge in [-0.05, 0) is 34.6 Å². The molecule has 19 heavy (non-hydrogen) atoms. The van der Waals surface area contributed by atoms with E-state index < -0.39 is 13.7 Å². The molecule has 1 amide bonds. The number of carbonyl (C=O) groups excluding carboxylic acids is 1. The molecule has 0 heterocycles. The summed E-state index contributed by atoms with van der Waals surface area (Å²) in [7, 11) is -3.16. The van der Waals surface area contributed by atoms with Crippen molar-refractivity contribution in [3.63, 3.8) is 0 Å². The van der Waals surface area contributed by atoms with E-state index in [4.69, 9.17) is 13.8 Å². The van der Waals surface area contributed by atoms with Crippen molar-refractivity contribution in [2.45, 2.75) is 52.9 Å². The van der Waals surface area contributed by atoms with Crippen molar-refractivity contribution in [2.75, 3.05) is 19.8 Å². The average Bonchev–Trinajstić information content (AvgIpc) is 2.22. The number of hydrogen-bond donors (Lipinski definition) is 1. The molecule has 0 rings (SSSR count). The number of carbonyl (C=O) groups is 1. The van der Waals surface area contributed by atoms with Gasteiger partial charge in [-0.1, -0.05) is 0 Å². The molecule has 0 bridgehead atoms. The fourth-order valence-corrected chi connectivity index (χ4v) is 2.64. The molecule has 0 radical (unpaired) electrons. The summed E-state index contributed by atoms with van der Waals surface area (Å²) < 4.78 is 27.8. The zero-order valence-corrected chi connectivity index (χ0v) is 13.5. The predicted octanol–water partition coefficient (Wildman–Crippen LogP) is 2.18. The van der Waals surface area contributed by atoms with Crippen LogP contribution in [0.25, 0.3) is 0 Å². The lowest BCUT2D eigenvalue weighted by atomic mass is 10.3. The lowest BCUT2D eigenvalue weighted by molar-refractivity contribution is -0.137. The zero-order valence-electron chi connectivity index (χ0n) is 12.6. The Hall–Kier alpha value is -0.420. The first-order valence-corrected chi connectivity index (χ1v) is 8.50. The van der Waals surface area contributed by atoms with Gasteiger partial charge in [-0.2, -0.15) is 0 Å². The molecule has 114 valence electrons. The normalized spacial score (nSPS) is 16.4. The largest absolute Gasteiger partial charge is 0.363 e. The summed E-state index contributed by atoms with van der Waals surface area (Å²) in [6.07, 6.45) is -1.12. The van der Waals surface area contributed by atoms with Crippen LogP contribution in [0.2, 0.25) is 0 Å². The van der Waals surface area contributed by atoms with E-state index in [0.29, 0.717) is 6.54 Å². The first-order chi connectivity index (χ1) is 8.68. The number of amides is 1. The van der Waals surface area contributed by atoms with Gasteiger partial charge in [0.15, 0.2) is 6.10 Å². The second-order valence-electron chi connectivity index (χ2n) is 4.79. The maximum Gasteiger partial charge on any atom is 0.327 e. The smallest absolute Gasteiger partial charge is 0.327 e. The molecule has 6 nitrogen and oxygen atoms in total. The lowest BCUT2D eigenvalue weighted by Gasteiger charge is -2.22. The summed E-state index contributed by atoms with van der Waals surface area (Å²) >= 11 is 0. The molecule has 0 saturated heterocycles. The molecule has 0 fully saturated rings. The highest BCUT2D eigenvalue weighted by atomic mass is 31.2. The van der Waals surface area contributed by atoms with E-state index in [1.807, 2.05) is 20.8 Å².